The molecule has 1 aromatic heterocycles. The first-order chi connectivity index (χ1) is 11.6. The third-order valence-corrected chi connectivity index (χ3v) is 5.24. The number of nitrogens with zero attached hydrogens (tertiary/aromatic N) is 2. The van der Waals surface area contributed by atoms with Gasteiger partial charge in [-0.2, -0.15) is 0 Å². The molecule has 1 saturated carbocycles. The summed E-state index contributed by atoms with van der Waals surface area (Å²) in [6.07, 6.45) is 6.88. The summed E-state index contributed by atoms with van der Waals surface area (Å²) >= 11 is 0. The van der Waals surface area contributed by atoms with Gasteiger partial charge in [0.2, 0.25) is 5.91 Å². The quantitative estimate of drug-likeness (QED) is 0.898. The average molecular weight is 331 g/mol. The molecule has 1 N–H and O–H groups in total. The van der Waals surface area contributed by atoms with Crippen LogP contribution in [0.4, 0.5) is 11.5 Å². The Hall–Kier alpha value is -1.62. The predicted molar refractivity (Wildman–Crippen MR) is 96.6 cm³/mol. The number of ether oxygens (including phenoxy) is 1. The number of morpholine rings is 1. The lowest BCUT2D eigenvalue weighted by atomic mass is 10.0. The van der Waals surface area contributed by atoms with E-state index in [-0.39, 0.29) is 5.91 Å². The zero-order valence-electron chi connectivity index (χ0n) is 14.9. The topological polar surface area (TPSA) is 54.5 Å². The van der Waals surface area contributed by atoms with Gasteiger partial charge in [0.15, 0.2) is 0 Å². The first kappa shape index (κ1) is 17.2. The Labute approximate surface area is 144 Å². The fraction of sp³-hybridized carbons (Fsp3) is 0.684. The lowest BCUT2D eigenvalue weighted by Gasteiger charge is -2.28. The number of anilines is 2. The number of nitrogens with one attached hydrogen (secondary N) is 1. The summed E-state index contributed by atoms with van der Waals surface area (Å²) in [7, 11) is 0. The maximum absolute atomic E-state index is 12.3. The van der Waals surface area contributed by atoms with E-state index in [2.05, 4.69) is 16.3 Å². The van der Waals surface area contributed by atoms with Crippen molar-refractivity contribution in [2.45, 2.75) is 52.4 Å². The van der Waals surface area contributed by atoms with Gasteiger partial charge in [-0.1, -0.05) is 25.7 Å². The Morgan fingerprint density at radius 1 is 1.29 bits per heavy atom. The van der Waals surface area contributed by atoms with E-state index in [9.17, 15) is 4.79 Å². The second kappa shape index (κ2) is 7.97. The highest BCUT2D eigenvalue weighted by Gasteiger charge is 2.18. The van der Waals surface area contributed by atoms with Gasteiger partial charge >= 0.3 is 0 Å². The number of hydrogen-bond donors (Lipinski definition) is 1. The molecule has 1 aliphatic heterocycles. The number of aryl methyl sites for hydroxylation is 2. The molecule has 0 aromatic carbocycles. The van der Waals surface area contributed by atoms with E-state index < -0.39 is 0 Å². The number of hydrogen-bond acceptors (Lipinski definition) is 4. The summed E-state index contributed by atoms with van der Waals surface area (Å²) in [6.45, 7) is 7.27. The number of carbonyl (C=O) groups excluding carboxylic acids is 1. The van der Waals surface area contributed by atoms with Crippen LogP contribution in [0.5, 0.6) is 0 Å². The maximum atomic E-state index is 12.3. The van der Waals surface area contributed by atoms with Gasteiger partial charge in [0.05, 0.1) is 24.6 Å². The van der Waals surface area contributed by atoms with Crippen molar-refractivity contribution in [3.05, 3.63) is 17.3 Å². The Morgan fingerprint density at radius 3 is 2.67 bits per heavy atom. The molecule has 0 radical (unpaired) electrons. The minimum absolute atomic E-state index is 0.119. The third kappa shape index (κ3) is 4.26. The second-order valence-corrected chi connectivity index (χ2v) is 7.09. The molecular formula is C19H29N3O2. The van der Waals surface area contributed by atoms with Crippen LogP contribution in [0.25, 0.3) is 0 Å². The summed E-state index contributed by atoms with van der Waals surface area (Å²) in [6, 6.07) is 2.07. The van der Waals surface area contributed by atoms with Gasteiger partial charge in [-0.05, 0) is 37.8 Å². The van der Waals surface area contributed by atoms with E-state index >= 15 is 0 Å². The standard InChI is InChI=1S/C19H29N3O2/c1-14-13-17(22-9-11-24-12-10-22)20-15(2)19(14)21-18(23)8-7-16-5-3-4-6-16/h13,16H,3-12H2,1-2H3,(H,21,23). The van der Waals surface area contributed by atoms with E-state index in [0.717, 1.165) is 61.4 Å². The van der Waals surface area contributed by atoms with Crippen molar-refractivity contribution in [1.82, 2.24) is 4.98 Å². The molecule has 0 bridgehead atoms. The van der Waals surface area contributed by atoms with Gasteiger partial charge in [-0.15, -0.1) is 0 Å². The summed E-state index contributed by atoms with van der Waals surface area (Å²) in [5, 5.41) is 3.09. The first-order valence-corrected chi connectivity index (χ1v) is 9.24. The molecule has 1 aromatic rings. The number of pyridine rings is 1. The molecule has 2 heterocycles. The Balaban J connectivity index is 1.61. The average Bonchev–Trinajstić information content (AvgIpc) is 3.10. The SMILES string of the molecule is Cc1cc(N2CCOCC2)nc(C)c1NC(=O)CCC1CCCC1. The minimum atomic E-state index is 0.119. The van der Waals surface area contributed by atoms with Gasteiger partial charge in [0.1, 0.15) is 5.82 Å². The van der Waals surface area contributed by atoms with E-state index in [1.54, 1.807) is 0 Å². The van der Waals surface area contributed by atoms with E-state index in [1.165, 1.54) is 25.7 Å². The zero-order chi connectivity index (χ0) is 16.9. The molecular weight excluding hydrogens is 302 g/mol. The van der Waals surface area contributed by atoms with Crippen LogP contribution < -0.4 is 10.2 Å². The van der Waals surface area contributed by atoms with E-state index in [1.807, 2.05) is 13.8 Å². The summed E-state index contributed by atoms with van der Waals surface area (Å²) in [5.41, 5.74) is 2.85. The van der Waals surface area contributed by atoms with Crippen LogP contribution in [0.2, 0.25) is 0 Å². The van der Waals surface area contributed by atoms with Crippen LogP contribution in [0.15, 0.2) is 6.07 Å². The summed E-state index contributed by atoms with van der Waals surface area (Å²) in [4.78, 5) is 19.2. The van der Waals surface area contributed by atoms with Crippen molar-refractivity contribution < 1.29 is 9.53 Å². The number of rotatable bonds is 5. The van der Waals surface area contributed by atoms with Gasteiger partial charge in [0, 0.05) is 19.5 Å². The highest BCUT2D eigenvalue weighted by Crippen LogP contribution is 2.29. The molecule has 24 heavy (non-hydrogen) atoms. The number of carbonyl (C=O) groups is 1. The summed E-state index contributed by atoms with van der Waals surface area (Å²) < 4.78 is 5.40. The zero-order valence-corrected chi connectivity index (χ0v) is 14.9. The van der Waals surface area contributed by atoms with Crippen molar-refractivity contribution in [3.8, 4) is 0 Å². The summed E-state index contributed by atoms with van der Waals surface area (Å²) in [5.74, 6) is 1.85. The van der Waals surface area contributed by atoms with Crippen molar-refractivity contribution in [2.24, 2.45) is 5.92 Å². The Kier molecular flexibility index (Phi) is 5.72. The van der Waals surface area contributed by atoms with E-state index in [4.69, 9.17) is 9.72 Å². The lowest BCUT2D eigenvalue weighted by Crippen LogP contribution is -2.37. The normalized spacial score (nSPS) is 18.8. The smallest absolute Gasteiger partial charge is 0.224 e. The highest BCUT2D eigenvalue weighted by molar-refractivity contribution is 5.92. The van der Waals surface area contributed by atoms with Crippen LogP contribution >= 0.6 is 0 Å². The van der Waals surface area contributed by atoms with Crippen LogP contribution in [-0.4, -0.2) is 37.2 Å². The Bertz CT molecular complexity index is 553. The van der Waals surface area contributed by atoms with Crippen LogP contribution in [0.1, 0.15) is 49.8 Å². The second-order valence-electron chi connectivity index (χ2n) is 7.09. The molecule has 0 atom stereocenters. The third-order valence-electron chi connectivity index (χ3n) is 5.24. The van der Waals surface area contributed by atoms with Crippen molar-refractivity contribution in [2.75, 3.05) is 36.5 Å². The van der Waals surface area contributed by atoms with Crippen molar-refractivity contribution in [1.29, 1.82) is 0 Å². The van der Waals surface area contributed by atoms with Crippen LogP contribution in [0, 0.1) is 19.8 Å². The largest absolute Gasteiger partial charge is 0.378 e. The van der Waals surface area contributed by atoms with Crippen molar-refractivity contribution in [3.63, 3.8) is 0 Å². The molecule has 1 aliphatic carbocycles. The monoisotopic (exact) mass is 331 g/mol. The van der Waals surface area contributed by atoms with E-state index in [0.29, 0.717) is 6.42 Å². The highest BCUT2D eigenvalue weighted by atomic mass is 16.5. The maximum Gasteiger partial charge on any atom is 0.224 e. The lowest BCUT2D eigenvalue weighted by molar-refractivity contribution is -0.116. The van der Waals surface area contributed by atoms with Gasteiger partial charge < -0.3 is 15.0 Å². The fourth-order valence-electron chi connectivity index (χ4n) is 3.79. The molecule has 0 spiro atoms. The number of aromatic nitrogens is 1. The molecule has 2 aliphatic rings. The van der Waals surface area contributed by atoms with Gasteiger partial charge in [-0.25, -0.2) is 4.98 Å². The molecule has 5 nitrogen and oxygen atoms in total. The molecule has 1 saturated heterocycles. The molecule has 1 amide bonds. The van der Waals surface area contributed by atoms with Crippen LogP contribution in [0.3, 0.4) is 0 Å². The Morgan fingerprint density at radius 2 is 2.00 bits per heavy atom. The predicted octanol–water partition coefficient (Wildman–Crippen LogP) is 3.44. The van der Waals surface area contributed by atoms with Gasteiger partial charge in [0.25, 0.3) is 0 Å². The van der Waals surface area contributed by atoms with Gasteiger partial charge in [-0.3, -0.25) is 4.79 Å². The molecule has 3 rings (SSSR count). The molecule has 5 heteroatoms. The minimum Gasteiger partial charge on any atom is -0.378 e. The van der Waals surface area contributed by atoms with Crippen LogP contribution in [-0.2, 0) is 9.53 Å². The first-order valence-electron chi connectivity index (χ1n) is 9.24. The van der Waals surface area contributed by atoms with Crippen molar-refractivity contribution >= 4 is 17.4 Å². The molecule has 132 valence electrons. The molecule has 0 unspecified atom stereocenters. The fourth-order valence-corrected chi connectivity index (χ4v) is 3.79. The molecule has 2 fully saturated rings. The number of amides is 1.